The van der Waals surface area contributed by atoms with E-state index < -0.39 is 5.97 Å². The second kappa shape index (κ2) is 7.78. The SMILES string of the molecule is CCOC(=O)c1n[nH]c(CCCCCCN)n1. The Kier molecular flexibility index (Phi) is 6.24. The Labute approximate surface area is 101 Å². The summed E-state index contributed by atoms with van der Waals surface area (Å²) in [6, 6.07) is 0. The van der Waals surface area contributed by atoms with Gasteiger partial charge in [0.05, 0.1) is 6.61 Å². The fourth-order valence-corrected chi connectivity index (χ4v) is 1.48. The van der Waals surface area contributed by atoms with E-state index in [0.29, 0.717) is 6.61 Å². The lowest BCUT2D eigenvalue weighted by atomic mass is 10.1. The zero-order valence-corrected chi connectivity index (χ0v) is 10.2. The maximum absolute atomic E-state index is 11.3. The second-order valence-electron chi connectivity index (χ2n) is 3.78. The number of carbonyl (C=O) groups is 1. The number of esters is 1. The van der Waals surface area contributed by atoms with Crippen molar-refractivity contribution in [3.05, 3.63) is 11.6 Å². The van der Waals surface area contributed by atoms with Gasteiger partial charge in [0.25, 0.3) is 5.82 Å². The summed E-state index contributed by atoms with van der Waals surface area (Å²) in [5, 5.41) is 6.57. The summed E-state index contributed by atoms with van der Waals surface area (Å²) in [6.45, 7) is 2.83. The molecule has 0 aromatic carbocycles. The molecule has 0 radical (unpaired) electrons. The highest BCUT2D eigenvalue weighted by Gasteiger charge is 2.12. The van der Waals surface area contributed by atoms with E-state index in [2.05, 4.69) is 15.2 Å². The lowest BCUT2D eigenvalue weighted by molar-refractivity contribution is 0.0512. The normalized spacial score (nSPS) is 10.5. The first-order valence-corrected chi connectivity index (χ1v) is 6.06. The second-order valence-corrected chi connectivity index (χ2v) is 3.78. The van der Waals surface area contributed by atoms with Crippen molar-refractivity contribution >= 4 is 5.97 Å². The third-order valence-electron chi connectivity index (χ3n) is 2.36. The van der Waals surface area contributed by atoms with E-state index in [0.717, 1.165) is 44.5 Å². The van der Waals surface area contributed by atoms with Crippen LogP contribution in [0.1, 0.15) is 49.1 Å². The minimum Gasteiger partial charge on any atom is -0.460 e. The van der Waals surface area contributed by atoms with Crippen LogP contribution in [0.4, 0.5) is 0 Å². The molecule has 0 aliphatic heterocycles. The number of nitrogens with two attached hydrogens (primary N) is 1. The number of aryl methyl sites for hydroxylation is 1. The molecular formula is C11H20N4O2. The number of nitrogens with zero attached hydrogens (tertiary/aromatic N) is 2. The van der Waals surface area contributed by atoms with Crippen LogP contribution in [0.2, 0.25) is 0 Å². The Morgan fingerprint density at radius 1 is 1.35 bits per heavy atom. The van der Waals surface area contributed by atoms with Crippen LogP contribution in [0.25, 0.3) is 0 Å². The third-order valence-corrected chi connectivity index (χ3v) is 2.36. The summed E-state index contributed by atoms with van der Waals surface area (Å²) in [6.07, 6.45) is 5.14. The van der Waals surface area contributed by atoms with E-state index in [1.807, 2.05) is 0 Å². The molecule has 0 atom stereocenters. The van der Waals surface area contributed by atoms with Crippen LogP contribution in [0, 0.1) is 0 Å². The summed E-state index contributed by atoms with van der Waals surface area (Å²) < 4.78 is 4.80. The maximum atomic E-state index is 11.3. The summed E-state index contributed by atoms with van der Waals surface area (Å²) in [5.74, 6) is 0.378. The molecule has 6 heteroatoms. The van der Waals surface area contributed by atoms with Crippen LogP contribution < -0.4 is 5.73 Å². The Morgan fingerprint density at radius 3 is 2.82 bits per heavy atom. The summed E-state index contributed by atoms with van der Waals surface area (Å²) in [4.78, 5) is 15.4. The number of nitrogens with one attached hydrogen (secondary N) is 1. The lowest BCUT2D eigenvalue weighted by Gasteiger charge is -1.97. The molecule has 0 saturated carbocycles. The summed E-state index contributed by atoms with van der Waals surface area (Å²) in [7, 11) is 0. The minimum absolute atomic E-state index is 0.115. The molecule has 0 fully saturated rings. The van der Waals surface area contributed by atoms with Gasteiger partial charge in [0.1, 0.15) is 5.82 Å². The molecule has 0 aliphatic carbocycles. The predicted octanol–water partition coefficient (Wildman–Crippen LogP) is 1.04. The molecule has 0 spiro atoms. The molecule has 3 N–H and O–H groups in total. The van der Waals surface area contributed by atoms with Crippen molar-refractivity contribution in [3.8, 4) is 0 Å². The van der Waals surface area contributed by atoms with Crippen molar-refractivity contribution in [2.75, 3.05) is 13.2 Å². The van der Waals surface area contributed by atoms with Gasteiger partial charge in [-0.15, -0.1) is 5.10 Å². The van der Waals surface area contributed by atoms with Crippen LogP contribution in [0.3, 0.4) is 0 Å². The molecule has 17 heavy (non-hydrogen) atoms. The topological polar surface area (TPSA) is 93.9 Å². The molecule has 1 rings (SSSR count). The van der Waals surface area contributed by atoms with Gasteiger partial charge >= 0.3 is 5.97 Å². The molecule has 1 aromatic heterocycles. The standard InChI is InChI=1S/C11H20N4O2/c1-2-17-11(16)10-13-9(14-15-10)7-5-3-4-6-8-12/h2-8,12H2,1H3,(H,13,14,15). The van der Waals surface area contributed by atoms with Crippen molar-refractivity contribution < 1.29 is 9.53 Å². The number of rotatable bonds is 8. The van der Waals surface area contributed by atoms with Gasteiger partial charge in [-0.2, -0.15) is 0 Å². The van der Waals surface area contributed by atoms with Crippen molar-refractivity contribution in [1.82, 2.24) is 15.2 Å². The van der Waals surface area contributed by atoms with Crippen molar-refractivity contribution in [2.45, 2.75) is 39.0 Å². The number of aromatic nitrogens is 3. The molecule has 0 bridgehead atoms. The number of carbonyl (C=O) groups excluding carboxylic acids is 1. The van der Waals surface area contributed by atoms with Crippen LogP contribution in [-0.2, 0) is 11.2 Å². The summed E-state index contributed by atoms with van der Waals surface area (Å²) >= 11 is 0. The van der Waals surface area contributed by atoms with Gasteiger partial charge in [0.2, 0.25) is 0 Å². The molecule has 1 aromatic rings. The Morgan fingerprint density at radius 2 is 2.12 bits per heavy atom. The van der Waals surface area contributed by atoms with Crippen LogP contribution in [0.15, 0.2) is 0 Å². The smallest absolute Gasteiger partial charge is 0.378 e. The molecule has 1 heterocycles. The Hall–Kier alpha value is -1.43. The number of ether oxygens (including phenoxy) is 1. The molecule has 0 unspecified atom stereocenters. The van der Waals surface area contributed by atoms with E-state index in [9.17, 15) is 4.79 Å². The van der Waals surface area contributed by atoms with E-state index in [1.54, 1.807) is 6.92 Å². The van der Waals surface area contributed by atoms with E-state index >= 15 is 0 Å². The van der Waals surface area contributed by atoms with Gasteiger partial charge in [-0.1, -0.05) is 12.8 Å². The van der Waals surface area contributed by atoms with E-state index in [4.69, 9.17) is 10.5 Å². The first-order valence-electron chi connectivity index (χ1n) is 6.06. The minimum atomic E-state index is -0.474. The highest BCUT2D eigenvalue weighted by molar-refractivity contribution is 5.84. The van der Waals surface area contributed by atoms with E-state index in [-0.39, 0.29) is 5.82 Å². The number of hydrogen-bond acceptors (Lipinski definition) is 5. The summed E-state index contributed by atoms with van der Waals surface area (Å²) in [5.41, 5.74) is 5.41. The number of hydrogen-bond donors (Lipinski definition) is 2. The Bertz CT molecular complexity index is 338. The quantitative estimate of drug-likeness (QED) is 0.523. The van der Waals surface area contributed by atoms with Crippen molar-refractivity contribution in [3.63, 3.8) is 0 Å². The van der Waals surface area contributed by atoms with Gasteiger partial charge in [-0.25, -0.2) is 9.78 Å². The molecule has 0 amide bonds. The zero-order chi connectivity index (χ0) is 12.5. The average Bonchev–Trinajstić information content (AvgIpc) is 2.78. The Balaban J connectivity index is 2.28. The van der Waals surface area contributed by atoms with Gasteiger partial charge in [0.15, 0.2) is 0 Å². The van der Waals surface area contributed by atoms with Crippen LogP contribution in [-0.4, -0.2) is 34.3 Å². The lowest BCUT2D eigenvalue weighted by Crippen LogP contribution is -2.06. The third kappa shape index (κ3) is 4.95. The molecular weight excluding hydrogens is 220 g/mol. The molecule has 96 valence electrons. The van der Waals surface area contributed by atoms with Gasteiger partial charge in [0, 0.05) is 6.42 Å². The highest BCUT2D eigenvalue weighted by atomic mass is 16.5. The fraction of sp³-hybridized carbons (Fsp3) is 0.727. The molecule has 0 saturated heterocycles. The van der Waals surface area contributed by atoms with E-state index in [1.165, 1.54) is 0 Å². The van der Waals surface area contributed by atoms with Crippen molar-refractivity contribution in [1.29, 1.82) is 0 Å². The molecule has 6 nitrogen and oxygen atoms in total. The van der Waals surface area contributed by atoms with Crippen LogP contribution in [0.5, 0.6) is 0 Å². The van der Waals surface area contributed by atoms with Gasteiger partial charge in [-0.3, -0.25) is 5.10 Å². The average molecular weight is 240 g/mol. The number of unbranched alkanes of at least 4 members (excludes halogenated alkanes) is 3. The van der Waals surface area contributed by atoms with Gasteiger partial charge in [-0.05, 0) is 26.3 Å². The maximum Gasteiger partial charge on any atom is 0.378 e. The largest absolute Gasteiger partial charge is 0.460 e. The first-order chi connectivity index (χ1) is 8.27. The number of aromatic amines is 1. The first kappa shape index (κ1) is 13.6. The fourth-order valence-electron chi connectivity index (χ4n) is 1.48. The van der Waals surface area contributed by atoms with Crippen molar-refractivity contribution in [2.24, 2.45) is 5.73 Å². The number of H-pyrrole nitrogens is 1. The predicted molar refractivity (Wildman–Crippen MR) is 63.6 cm³/mol. The zero-order valence-electron chi connectivity index (χ0n) is 10.2. The highest BCUT2D eigenvalue weighted by Crippen LogP contribution is 2.04. The molecule has 0 aliphatic rings. The van der Waals surface area contributed by atoms with Crippen LogP contribution >= 0.6 is 0 Å². The van der Waals surface area contributed by atoms with Gasteiger partial charge < -0.3 is 10.5 Å². The monoisotopic (exact) mass is 240 g/mol.